The monoisotopic (exact) mass is 192 g/mol. The van der Waals surface area contributed by atoms with Gasteiger partial charge in [-0.25, -0.2) is 0 Å². The van der Waals surface area contributed by atoms with Gasteiger partial charge in [0, 0.05) is 5.56 Å². The Balaban J connectivity index is 2.46. The van der Waals surface area contributed by atoms with Gasteiger partial charge in [0.1, 0.15) is 11.9 Å². The molecule has 2 nitrogen and oxygen atoms in total. The fraction of sp³-hybridized carbons (Fsp3) is 0.500. The Morgan fingerprint density at radius 3 is 2.43 bits per heavy atom. The van der Waals surface area contributed by atoms with Gasteiger partial charge >= 0.3 is 0 Å². The predicted molar refractivity (Wildman–Crippen MR) is 55.8 cm³/mol. The molecule has 0 saturated carbocycles. The summed E-state index contributed by atoms with van der Waals surface area (Å²) >= 11 is 0. The summed E-state index contributed by atoms with van der Waals surface area (Å²) in [6.45, 7) is 6.28. The third kappa shape index (κ3) is 1.50. The largest absolute Gasteiger partial charge is 0.496 e. The van der Waals surface area contributed by atoms with E-state index in [0.717, 1.165) is 5.75 Å². The van der Waals surface area contributed by atoms with Crippen LogP contribution in [0.15, 0.2) is 12.1 Å². The van der Waals surface area contributed by atoms with Crippen LogP contribution < -0.4 is 4.74 Å². The molecule has 2 rings (SSSR count). The quantitative estimate of drug-likeness (QED) is 0.672. The minimum Gasteiger partial charge on any atom is -0.496 e. The number of hydrogen-bond donors (Lipinski definition) is 0. The van der Waals surface area contributed by atoms with Crippen LogP contribution in [0, 0.1) is 13.8 Å². The Kier molecular flexibility index (Phi) is 2.23. The van der Waals surface area contributed by atoms with Gasteiger partial charge in [-0.2, -0.15) is 0 Å². The van der Waals surface area contributed by atoms with Gasteiger partial charge < -0.3 is 9.47 Å². The first-order chi connectivity index (χ1) is 6.63. The molecule has 1 aromatic rings. The van der Waals surface area contributed by atoms with Gasteiger partial charge in [0.05, 0.1) is 13.2 Å². The summed E-state index contributed by atoms with van der Waals surface area (Å²) in [5.74, 6) is 0.955. The lowest BCUT2D eigenvalue weighted by molar-refractivity contribution is 0.367. The fourth-order valence-electron chi connectivity index (χ4n) is 1.96. The molecule has 0 amide bonds. The Labute approximate surface area is 84.8 Å². The highest BCUT2D eigenvalue weighted by atomic mass is 16.6. The zero-order chi connectivity index (χ0) is 10.3. The average Bonchev–Trinajstić information content (AvgIpc) is 2.80. The number of hydrogen-bond acceptors (Lipinski definition) is 2. The highest BCUT2D eigenvalue weighted by molar-refractivity contribution is 5.46. The molecule has 1 heterocycles. The summed E-state index contributed by atoms with van der Waals surface area (Å²) < 4.78 is 10.9. The van der Waals surface area contributed by atoms with E-state index in [1.165, 1.54) is 16.7 Å². The van der Waals surface area contributed by atoms with Gasteiger partial charge in [-0.05, 0) is 38.0 Å². The number of benzene rings is 1. The van der Waals surface area contributed by atoms with Crippen LogP contribution in [-0.2, 0) is 4.74 Å². The second-order valence-corrected chi connectivity index (χ2v) is 3.96. The maximum atomic E-state index is 5.49. The Bertz CT molecular complexity index is 358. The SMILES string of the molecule is COc1cc(C)cc(C)c1C1OC1C. The van der Waals surface area contributed by atoms with Crippen LogP contribution in [0.5, 0.6) is 5.75 Å². The summed E-state index contributed by atoms with van der Waals surface area (Å²) in [6, 6.07) is 4.24. The van der Waals surface area contributed by atoms with E-state index >= 15 is 0 Å². The third-order valence-electron chi connectivity index (χ3n) is 2.71. The van der Waals surface area contributed by atoms with E-state index in [9.17, 15) is 0 Å². The van der Waals surface area contributed by atoms with Crippen LogP contribution in [0.25, 0.3) is 0 Å². The lowest BCUT2D eigenvalue weighted by Crippen LogP contribution is -1.96. The molecule has 0 aliphatic carbocycles. The number of rotatable bonds is 2. The molecule has 1 fully saturated rings. The van der Waals surface area contributed by atoms with Crippen LogP contribution in [0.3, 0.4) is 0 Å². The molecule has 0 bridgehead atoms. The molecule has 76 valence electrons. The highest BCUT2D eigenvalue weighted by Crippen LogP contribution is 2.44. The summed E-state index contributed by atoms with van der Waals surface area (Å²) in [7, 11) is 1.71. The van der Waals surface area contributed by atoms with E-state index in [1.54, 1.807) is 7.11 Å². The van der Waals surface area contributed by atoms with Crippen LogP contribution in [0.2, 0.25) is 0 Å². The average molecular weight is 192 g/mol. The number of aryl methyl sites for hydroxylation is 2. The molecule has 2 unspecified atom stereocenters. The smallest absolute Gasteiger partial charge is 0.125 e. The van der Waals surface area contributed by atoms with E-state index in [2.05, 4.69) is 32.9 Å². The van der Waals surface area contributed by atoms with Gasteiger partial charge in [-0.15, -0.1) is 0 Å². The fourth-order valence-corrected chi connectivity index (χ4v) is 1.96. The van der Waals surface area contributed by atoms with Crippen molar-refractivity contribution in [1.82, 2.24) is 0 Å². The van der Waals surface area contributed by atoms with Crippen molar-refractivity contribution in [2.45, 2.75) is 33.0 Å². The number of ether oxygens (including phenoxy) is 2. The van der Waals surface area contributed by atoms with Crippen molar-refractivity contribution in [2.24, 2.45) is 0 Å². The second kappa shape index (κ2) is 3.28. The maximum Gasteiger partial charge on any atom is 0.125 e. The molecular weight excluding hydrogens is 176 g/mol. The molecule has 2 heteroatoms. The molecule has 14 heavy (non-hydrogen) atoms. The van der Waals surface area contributed by atoms with Crippen molar-refractivity contribution in [1.29, 1.82) is 0 Å². The predicted octanol–water partition coefficient (Wildman–Crippen LogP) is 2.77. The van der Waals surface area contributed by atoms with E-state index in [1.807, 2.05) is 0 Å². The maximum absolute atomic E-state index is 5.49. The summed E-state index contributed by atoms with van der Waals surface area (Å²) in [6.07, 6.45) is 0.579. The van der Waals surface area contributed by atoms with Gasteiger partial charge in [-0.3, -0.25) is 0 Å². The standard InChI is InChI=1S/C12H16O2/c1-7-5-8(2)11(10(6-7)13-4)12-9(3)14-12/h5-6,9,12H,1-4H3. The molecule has 1 aliphatic heterocycles. The Morgan fingerprint density at radius 1 is 1.29 bits per heavy atom. The zero-order valence-electron chi connectivity index (χ0n) is 9.13. The Hall–Kier alpha value is -1.02. The zero-order valence-corrected chi connectivity index (χ0v) is 9.13. The van der Waals surface area contributed by atoms with Crippen LogP contribution in [0.4, 0.5) is 0 Å². The van der Waals surface area contributed by atoms with Crippen molar-refractivity contribution in [3.05, 3.63) is 28.8 Å². The normalized spacial score (nSPS) is 24.9. The third-order valence-corrected chi connectivity index (χ3v) is 2.71. The van der Waals surface area contributed by atoms with E-state index in [-0.39, 0.29) is 6.10 Å². The molecular formula is C12H16O2. The highest BCUT2D eigenvalue weighted by Gasteiger charge is 2.38. The second-order valence-electron chi connectivity index (χ2n) is 3.96. The number of epoxide rings is 1. The van der Waals surface area contributed by atoms with Crippen LogP contribution in [-0.4, -0.2) is 13.2 Å². The molecule has 2 atom stereocenters. The lowest BCUT2D eigenvalue weighted by atomic mass is 10.0. The molecule has 1 aliphatic rings. The molecule has 0 radical (unpaired) electrons. The van der Waals surface area contributed by atoms with Crippen molar-refractivity contribution in [2.75, 3.05) is 7.11 Å². The van der Waals surface area contributed by atoms with E-state index < -0.39 is 0 Å². The minimum absolute atomic E-state index is 0.241. The first-order valence-corrected chi connectivity index (χ1v) is 4.94. The first-order valence-electron chi connectivity index (χ1n) is 4.94. The van der Waals surface area contributed by atoms with Gasteiger partial charge in [0.25, 0.3) is 0 Å². The van der Waals surface area contributed by atoms with Crippen LogP contribution in [0.1, 0.15) is 29.7 Å². The van der Waals surface area contributed by atoms with Crippen LogP contribution >= 0.6 is 0 Å². The van der Waals surface area contributed by atoms with E-state index in [4.69, 9.17) is 9.47 Å². The summed E-state index contributed by atoms with van der Waals surface area (Å²) in [5, 5.41) is 0. The van der Waals surface area contributed by atoms with Crippen molar-refractivity contribution < 1.29 is 9.47 Å². The number of methoxy groups -OCH3 is 1. The van der Waals surface area contributed by atoms with Crippen molar-refractivity contribution >= 4 is 0 Å². The van der Waals surface area contributed by atoms with Crippen molar-refractivity contribution in [3.63, 3.8) is 0 Å². The lowest BCUT2D eigenvalue weighted by Gasteiger charge is -2.10. The van der Waals surface area contributed by atoms with Gasteiger partial charge in [0.15, 0.2) is 0 Å². The molecule has 0 spiro atoms. The topological polar surface area (TPSA) is 21.8 Å². The molecule has 1 saturated heterocycles. The molecule has 1 aromatic carbocycles. The van der Waals surface area contributed by atoms with Crippen molar-refractivity contribution in [3.8, 4) is 5.75 Å². The minimum atomic E-state index is 0.241. The van der Waals surface area contributed by atoms with E-state index in [0.29, 0.717) is 6.10 Å². The summed E-state index contributed by atoms with van der Waals surface area (Å²) in [5.41, 5.74) is 3.71. The molecule has 0 N–H and O–H groups in total. The van der Waals surface area contributed by atoms with Gasteiger partial charge in [0.2, 0.25) is 0 Å². The molecule has 0 aromatic heterocycles. The Morgan fingerprint density at radius 2 is 1.93 bits per heavy atom. The summed E-state index contributed by atoms with van der Waals surface area (Å²) in [4.78, 5) is 0. The first kappa shape index (κ1) is 9.53. The van der Waals surface area contributed by atoms with Gasteiger partial charge in [-0.1, -0.05) is 6.07 Å².